The number of hydrogen-bond acceptors (Lipinski definition) is 2. The first-order valence-corrected chi connectivity index (χ1v) is 2.17. The van der Waals surface area contributed by atoms with E-state index >= 15 is 0 Å². The van der Waals surface area contributed by atoms with Crippen molar-refractivity contribution in [1.29, 1.82) is 0 Å². The molecule has 0 aromatic carbocycles. The van der Waals surface area contributed by atoms with Gasteiger partial charge in [-0.2, -0.15) is 0 Å². The topological polar surface area (TPSA) is 50.4 Å². The van der Waals surface area contributed by atoms with Crippen molar-refractivity contribution in [3.63, 3.8) is 0 Å². The number of carboxylic acids is 1. The third kappa shape index (κ3) is 1.07. The normalized spacial score (nSPS) is 9.44. The standard InChI is InChI=1S/C5H3FO3/c6-3-1-4(5(7)8)9-2-3/h1-2H,(H,7,8). The Kier molecular flexibility index (Phi) is 1.22. The quantitative estimate of drug-likeness (QED) is 0.619. The molecule has 0 aliphatic rings. The minimum absolute atomic E-state index is 0.382. The van der Waals surface area contributed by atoms with Gasteiger partial charge >= 0.3 is 5.97 Å². The average molecular weight is 130 g/mol. The molecule has 0 atom stereocenters. The molecule has 1 N–H and O–H groups in total. The summed E-state index contributed by atoms with van der Waals surface area (Å²) in [4.78, 5) is 9.95. The predicted octanol–water partition coefficient (Wildman–Crippen LogP) is 1.12. The molecule has 0 fully saturated rings. The zero-order valence-electron chi connectivity index (χ0n) is 4.30. The first kappa shape index (κ1) is 5.81. The highest BCUT2D eigenvalue weighted by Gasteiger charge is 2.07. The van der Waals surface area contributed by atoms with Gasteiger partial charge in [0.15, 0.2) is 5.82 Å². The summed E-state index contributed by atoms with van der Waals surface area (Å²) < 4.78 is 16.2. The minimum atomic E-state index is -1.26. The molecule has 48 valence electrons. The molecular formula is C5H3FO3. The van der Waals surface area contributed by atoms with Gasteiger partial charge in [0.1, 0.15) is 6.26 Å². The summed E-state index contributed by atoms with van der Waals surface area (Å²) in [6.45, 7) is 0. The van der Waals surface area contributed by atoms with Crippen molar-refractivity contribution in [2.45, 2.75) is 0 Å². The lowest BCUT2D eigenvalue weighted by atomic mass is 10.4. The Balaban J connectivity index is 2.98. The number of halogens is 1. The molecule has 1 aromatic heterocycles. The Bertz CT molecular complexity index is 228. The molecule has 1 heterocycles. The van der Waals surface area contributed by atoms with E-state index in [2.05, 4.69) is 4.42 Å². The molecule has 1 rings (SSSR count). The van der Waals surface area contributed by atoms with Gasteiger partial charge in [0.25, 0.3) is 0 Å². The van der Waals surface area contributed by atoms with Crippen molar-refractivity contribution in [2.24, 2.45) is 0 Å². The van der Waals surface area contributed by atoms with Crippen LogP contribution >= 0.6 is 0 Å². The number of carbonyl (C=O) groups is 1. The molecule has 0 aliphatic heterocycles. The molecule has 0 saturated heterocycles. The van der Waals surface area contributed by atoms with Crippen LogP contribution in [0.1, 0.15) is 10.6 Å². The second kappa shape index (κ2) is 1.89. The average Bonchev–Trinajstić information content (AvgIpc) is 2.14. The molecular weight excluding hydrogens is 127 g/mol. The summed E-state index contributed by atoms with van der Waals surface area (Å²) in [6.07, 6.45) is 0.740. The van der Waals surface area contributed by atoms with Crippen LogP contribution < -0.4 is 0 Å². The summed E-state index contributed by atoms with van der Waals surface area (Å²) in [5.41, 5.74) is 0. The van der Waals surface area contributed by atoms with Crippen molar-refractivity contribution < 1.29 is 18.7 Å². The number of hydrogen-bond donors (Lipinski definition) is 1. The lowest BCUT2D eigenvalue weighted by molar-refractivity contribution is 0.0662. The van der Waals surface area contributed by atoms with E-state index in [-0.39, 0.29) is 5.76 Å². The molecule has 0 saturated carbocycles. The highest BCUT2D eigenvalue weighted by Crippen LogP contribution is 2.04. The number of rotatable bonds is 1. The molecule has 0 unspecified atom stereocenters. The first-order valence-electron chi connectivity index (χ1n) is 2.17. The summed E-state index contributed by atoms with van der Waals surface area (Å²) in [7, 11) is 0. The van der Waals surface area contributed by atoms with E-state index in [1.165, 1.54) is 0 Å². The van der Waals surface area contributed by atoms with Crippen molar-refractivity contribution in [1.82, 2.24) is 0 Å². The zero-order chi connectivity index (χ0) is 6.85. The summed E-state index contributed by atoms with van der Waals surface area (Å²) in [5.74, 6) is -2.32. The maximum Gasteiger partial charge on any atom is 0.371 e. The van der Waals surface area contributed by atoms with Gasteiger partial charge in [-0.05, 0) is 0 Å². The monoisotopic (exact) mass is 130 g/mol. The molecule has 3 nitrogen and oxygen atoms in total. The molecule has 0 aliphatic carbocycles. The van der Waals surface area contributed by atoms with Crippen molar-refractivity contribution in [3.05, 3.63) is 23.9 Å². The van der Waals surface area contributed by atoms with Gasteiger partial charge in [-0.15, -0.1) is 0 Å². The van der Waals surface area contributed by atoms with Crippen LogP contribution in [0, 0.1) is 5.82 Å². The fraction of sp³-hybridized carbons (Fsp3) is 0. The first-order chi connectivity index (χ1) is 4.20. The Morgan fingerprint density at radius 2 is 2.44 bits per heavy atom. The summed E-state index contributed by atoms with van der Waals surface area (Å²) in [5, 5.41) is 8.14. The number of aromatic carboxylic acids is 1. The number of furan rings is 1. The van der Waals surface area contributed by atoms with Crippen LogP contribution in [0.2, 0.25) is 0 Å². The van der Waals surface area contributed by atoms with E-state index in [0.717, 1.165) is 12.3 Å². The second-order valence-corrected chi connectivity index (χ2v) is 1.43. The smallest absolute Gasteiger partial charge is 0.371 e. The maximum absolute atomic E-state index is 11.9. The molecule has 1 aromatic rings. The predicted molar refractivity (Wildman–Crippen MR) is 25.6 cm³/mol. The van der Waals surface area contributed by atoms with Crippen molar-refractivity contribution in [2.75, 3.05) is 0 Å². The molecule has 4 heteroatoms. The fourth-order valence-electron chi connectivity index (χ4n) is 0.425. The van der Waals surface area contributed by atoms with Crippen LogP contribution in [0.25, 0.3) is 0 Å². The number of carboxylic acid groups (broad SMARTS) is 1. The van der Waals surface area contributed by atoms with Gasteiger partial charge in [-0.1, -0.05) is 0 Å². The van der Waals surface area contributed by atoms with Gasteiger partial charge in [-0.25, -0.2) is 9.18 Å². The summed E-state index contributed by atoms with van der Waals surface area (Å²) in [6, 6.07) is 0.808. The Morgan fingerprint density at radius 1 is 1.78 bits per heavy atom. The maximum atomic E-state index is 11.9. The van der Waals surface area contributed by atoms with Crippen LogP contribution in [0.3, 0.4) is 0 Å². The lowest BCUT2D eigenvalue weighted by Gasteiger charge is -1.78. The van der Waals surface area contributed by atoms with Gasteiger partial charge in [0.2, 0.25) is 5.76 Å². The van der Waals surface area contributed by atoms with Crippen molar-refractivity contribution >= 4 is 5.97 Å². The van der Waals surface area contributed by atoms with Crippen LogP contribution in [-0.2, 0) is 0 Å². The van der Waals surface area contributed by atoms with E-state index in [0.29, 0.717) is 0 Å². The van der Waals surface area contributed by atoms with E-state index in [1.54, 1.807) is 0 Å². The van der Waals surface area contributed by atoms with Crippen LogP contribution in [0.5, 0.6) is 0 Å². The van der Waals surface area contributed by atoms with E-state index in [9.17, 15) is 9.18 Å². The molecule has 0 amide bonds. The molecule has 0 radical (unpaired) electrons. The van der Waals surface area contributed by atoms with Gasteiger partial charge in [-0.3, -0.25) is 0 Å². The highest BCUT2D eigenvalue weighted by atomic mass is 19.1. The van der Waals surface area contributed by atoms with Gasteiger partial charge < -0.3 is 9.52 Å². The largest absolute Gasteiger partial charge is 0.475 e. The van der Waals surface area contributed by atoms with Gasteiger partial charge in [0, 0.05) is 6.07 Å². The molecule has 0 spiro atoms. The Labute approximate surface area is 49.7 Å². The highest BCUT2D eigenvalue weighted by molar-refractivity contribution is 5.84. The summed E-state index contributed by atoms with van der Waals surface area (Å²) >= 11 is 0. The van der Waals surface area contributed by atoms with E-state index < -0.39 is 11.8 Å². The second-order valence-electron chi connectivity index (χ2n) is 1.43. The SMILES string of the molecule is O=C(O)c1cc(F)co1. The minimum Gasteiger partial charge on any atom is -0.475 e. The van der Waals surface area contributed by atoms with Gasteiger partial charge in [0.05, 0.1) is 0 Å². The third-order valence-electron chi connectivity index (χ3n) is 0.778. The van der Waals surface area contributed by atoms with E-state index in [1.807, 2.05) is 0 Å². The third-order valence-corrected chi connectivity index (χ3v) is 0.778. The van der Waals surface area contributed by atoms with E-state index in [4.69, 9.17) is 5.11 Å². The van der Waals surface area contributed by atoms with Crippen molar-refractivity contribution in [3.8, 4) is 0 Å². The lowest BCUT2D eigenvalue weighted by Crippen LogP contribution is -1.91. The van der Waals surface area contributed by atoms with Crippen LogP contribution in [0.15, 0.2) is 16.7 Å². The zero-order valence-corrected chi connectivity index (χ0v) is 4.30. The van der Waals surface area contributed by atoms with Crippen LogP contribution in [-0.4, -0.2) is 11.1 Å². The molecule has 9 heavy (non-hydrogen) atoms. The Hall–Kier alpha value is -1.32. The Morgan fingerprint density at radius 3 is 2.67 bits per heavy atom. The molecule has 0 bridgehead atoms. The fourth-order valence-corrected chi connectivity index (χ4v) is 0.425. The van der Waals surface area contributed by atoms with Crippen LogP contribution in [0.4, 0.5) is 4.39 Å².